The third-order valence-electron chi connectivity index (χ3n) is 9.95. The average molecular weight is 636 g/mol. The molecule has 3 fully saturated rings. The van der Waals surface area contributed by atoms with Gasteiger partial charge in [0.2, 0.25) is 11.8 Å². The van der Waals surface area contributed by atoms with Gasteiger partial charge in [-0.1, -0.05) is 19.1 Å². The van der Waals surface area contributed by atoms with Crippen molar-refractivity contribution >= 4 is 43.1 Å². The van der Waals surface area contributed by atoms with Gasteiger partial charge in [0.15, 0.2) is 13.9 Å². The minimum atomic E-state index is -2.85. The fraction of sp³-hybridized carbons (Fsp3) is 0.545. The Bertz CT molecular complexity index is 1450. The van der Waals surface area contributed by atoms with Crippen LogP contribution in [0.1, 0.15) is 50.2 Å². The number of benzene rings is 2. The van der Waals surface area contributed by atoms with E-state index in [0.29, 0.717) is 29.0 Å². The predicted octanol–water partition coefficient (Wildman–Crippen LogP) is 2.79. The molecule has 242 valence electrons. The van der Waals surface area contributed by atoms with Gasteiger partial charge >= 0.3 is 0 Å². The van der Waals surface area contributed by atoms with Crippen LogP contribution in [0.15, 0.2) is 42.5 Å². The molecule has 0 saturated carbocycles. The molecule has 12 heteroatoms. The molecular formula is C33H45N5O6Si. The number of amides is 3. The van der Waals surface area contributed by atoms with E-state index in [4.69, 9.17) is 4.74 Å². The summed E-state index contributed by atoms with van der Waals surface area (Å²) < 4.78 is 6.74. The standard InChI is InChI=1S/C33H45N5O6Si/c1-20-29(45(2,3)43)28(13-16-39)44-33(20)24-18-23(37-31(41)26-10-6-15-35-26)11-12-27(24)38(32(33)42)19-21-7-4-8-22(17-21)36-30(40)25-9-5-14-34-25/h4,7-8,11-12,17-18,20,25-26,28-29,34-35,39,43H,5-6,9-10,13-16,19H2,1-3H3,(H,36,40)(H,37,41)/t20-,25+,26+,28+,29-,33+/m0/s1. The molecule has 4 aliphatic rings. The Morgan fingerprint density at radius 3 is 2.24 bits per heavy atom. The van der Waals surface area contributed by atoms with Gasteiger partial charge in [0.1, 0.15) is 0 Å². The van der Waals surface area contributed by atoms with Crippen molar-refractivity contribution in [3.63, 3.8) is 0 Å². The minimum Gasteiger partial charge on any atom is -0.432 e. The van der Waals surface area contributed by atoms with Crippen molar-refractivity contribution in [2.24, 2.45) is 5.92 Å². The summed E-state index contributed by atoms with van der Waals surface area (Å²) in [6.45, 7) is 7.41. The molecule has 0 radical (unpaired) electrons. The first-order valence-corrected chi connectivity index (χ1v) is 19.2. The van der Waals surface area contributed by atoms with Crippen molar-refractivity contribution in [3.8, 4) is 0 Å². The normalized spacial score (nSPS) is 29.4. The van der Waals surface area contributed by atoms with Gasteiger partial charge in [-0.05, 0) is 94.2 Å². The molecule has 6 rings (SSSR count). The quantitative estimate of drug-likeness (QED) is 0.230. The summed E-state index contributed by atoms with van der Waals surface area (Å²) in [5.41, 5.74) is 1.70. The fourth-order valence-electron chi connectivity index (χ4n) is 7.91. The maximum absolute atomic E-state index is 14.7. The van der Waals surface area contributed by atoms with Gasteiger partial charge in [0.05, 0.1) is 30.4 Å². The average Bonchev–Trinajstić information content (AvgIpc) is 3.80. The van der Waals surface area contributed by atoms with Crippen molar-refractivity contribution in [2.75, 3.05) is 35.2 Å². The molecule has 0 bridgehead atoms. The Hall–Kier alpha value is -3.13. The molecule has 6 N–H and O–H groups in total. The smallest absolute Gasteiger partial charge is 0.264 e. The van der Waals surface area contributed by atoms with E-state index in [0.717, 1.165) is 44.3 Å². The van der Waals surface area contributed by atoms with Crippen LogP contribution in [0.25, 0.3) is 0 Å². The van der Waals surface area contributed by atoms with E-state index in [1.807, 2.05) is 62.5 Å². The van der Waals surface area contributed by atoms with Gasteiger partial charge in [-0.15, -0.1) is 0 Å². The summed E-state index contributed by atoms with van der Waals surface area (Å²) in [6.07, 6.45) is 3.28. The second-order valence-corrected chi connectivity index (χ2v) is 17.4. The molecule has 0 unspecified atom stereocenters. The molecule has 1 spiro atoms. The largest absolute Gasteiger partial charge is 0.432 e. The van der Waals surface area contributed by atoms with Gasteiger partial charge in [-0.2, -0.15) is 0 Å². The molecule has 45 heavy (non-hydrogen) atoms. The Balaban J connectivity index is 1.34. The second kappa shape index (κ2) is 12.6. The highest BCUT2D eigenvalue weighted by Gasteiger charge is 2.66. The van der Waals surface area contributed by atoms with E-state index in [1.54, 1.807) is 4.90 Å². The summed E-state index contributed by atoms with van der Waals surface area (Å²) in [5, 5.41) is 22.4. The number of hydrogen-bond acceptors (Lipinski definition) is 8. The number of fused-ring (bicyclic) bond motifs is 2. The van der Waals surface area contributed by atoms with Crippen LogP contribution < -0.4 is 26.2 Å². The fourth-order valence-corrected chi connectivity index (χ4v) is 10.5. The Kier molecular flexibility index (Phi) is 8.90. The lowest BCUT2D eigenvalue weighted by molar-refractivity contribution is -0.146. The molecule has 11 nitrogen and oxygen atoms in total. The van der Waals surface area contributed by atoms with Crippen molar-refractivity contribution in [2.45, 2.75) is 88.0 Å². The van der Waals surface area contributed by atoms with Crippen molar-refractivity contribution in [1.82, 2.24) is 10.6 Å². The van der Waals surface area contributed by atoms with Crippen LogP contribution >= 0.6 is 0 Å². The van der Waals surface area contributed by atoms with E-state index in [1.165, 1.54) is 0 Å². The van der Waals surface area contributed by atoms with Crippen LogP contribution in [0.3, 0.4) is 0 Å². The Morgan fingerprint density at radius 2 is 1.67 bits per heavy atom. The van der Waals surface area contributed by atoms with Crippen LogP contribution in [-0.2, 0) is 31.3 Å². The minimum absolute atomic E-state index is 0.0708. The molecular weight excluding hydrogens is 590 g/mol. The third-order valence-corrected chi connectivity index (χ3v) is 12.5. The van der Waals surface area contributed by atoms with E-state index in [9.17, 15) is 24.3 Å². The number of rotatable bonds is 9. The number of ether oxygens (including phenoxy) is 1. The van der Waals surface area contributed by atoms with Gasteiger partial charge in [-0.3, -0.25) is 14.4 Å². The highest BCUT2D eigenvalue weighted by molar-refractivity contribution is 6.71. The number of nitrogens with zero attached hydrogens (tertiary/aromatic N) is 1. The number of anilines is 3. The number of aliphatic hydroxyl groups excluding tert-OH is 1. The highest BCUT2D eigenvalue weighted by atomic mass is 28.4. The Labute approximate surface area is 265 Å². The summed E-state index contributed by atoms with van der Waals surface area (Å²) >= 11 is 0. The maximum atomic E-state index is 14.7. The third kappa shape index (κ3) is 5.95. The lowest BCUT2D eigenvalue weighted by Gasteiger charge is -2.32. The second-order valence-electron chi connectivity index (χ2n) is 13.5. The van der Waals surface area contributed by atoms with Gasteiger partial charge in [-0.25, -0.2) is 0 Å². The van der Waals surface area contributed by atoms with Gasteiger partial charge in [0, 0.05) is 35.0 Å². The summed E-state index contributed by atoms with van der Waals surface area (Å²) in [4.78, 5) is 53.6. The molecule has 6 atom stereocenters. The van der Waals surface area contributed by atoms with E-state index < -0.39 is 20.0 Å². The summed E-state index contributed by atoms with van der Waals surface area (Å²) in [6, 6.07) is 12.5. The molecule has 0 aliphatic carbocycles. The summed E-state index contributed by atoms with van der Waals surface area (Å²) in [5.74, 6) is -0.809. The molecule has 3 amide bonds. The zero-order valence-corrected chi connectivity index (χ0v) is 27.3. The maximum Gasteiger partial charge on any atom is 0.264 e. The first-order valence-electron chi connectivity index (χ1n) is 16.2. The van der Waals surface area contributed by atoms with Crippen molar-refractivity contribution in [1.29, 1.82) is 0 Å². The highest BCUT2D eigenvalue weighted by Crippen LogP contribution is 2.60. The van der Waals surface area contributed by atoms with E-state index in [-0.39, 0.29) is 54.4 Å². The summed E-state index contributed by atoms with van der Waals surface area (Å²) in [7, 11) is -2.85. The van der Waals surface area contributed by atoms with Gasteiger partial charge in [0.25, 0.3) is 5.91 Å². The van der Waals surface area contributed by atoms with Crippen LogP contribution in [0.2, 0.25) is 18.6 Å². The van der Waals surface area contributed by atoms with Crippen LogP contribution in [-0.4, -0.2) is 73.8 Å². The van der Waals surface area contributed by atoms with Crippen LogP contribution in [0.4, 0.5) is 17.1 Å². The molecule has 4 aliphatic heterocycles. The van der Waals surface area contributed by atoms with Crippen molar-refractivity contribution in [3.05, 3.63) is 53.6 Å². The van der Waals surface area contributed by atoms with E-state index >= 15 is 0 Å². The monoisotopic (exact) mass is 635 g/mol. The number of aliphatic hydroxyl groups is 1. The number of carbonyl (C=O) groups excluding carboxylic acids is 3. The first kappa shape index (κ1) is 31.8. The number of nitrogens with one attached hydrogen (secondary N) is 4. The Morgan fingerprint density at radius 1 is 1.02 bits per heavy atom. The zero-order chi connectivity index (χ0) is 31.9. The lowest BCUT2D eigenvalue weighted by atomic mass is 9.82. The molecule has 3 saturated heterocycles. The molecule has 0 aromatic heterocycles. The zero-order valence-electron chi connectivity index (χ0n) is 26.3. The SMILES string of the molecule is C[C@H]1[C@H]([Si](C)(C)O)[C@@H](CCO)O[C@]12C(=O)N(Cc1cccc(NC(=O)[C@H]3CCCN3)c1)c1ccc(NC(=O)[C@H]3CCCN3)cc12. The number of carbonyl (C=O) groups is 3. The number of hydrogen-bond donors (Lipinski definition) is 6. The molecule has 2 aromatic carbocycles. The van der Waals surface area contributed by atoms with Crippen LogP contribution in [0.5, 0.6) is 0 Å². The molecule has 4 heterocycles. The molecule has 2 aromatic rings. The van der Waals surface area contributed by atoms with Gasteiger partial charge < -0.3 is 40.8 Å². The first-order chi connectivity index (χ1) is 21.5. The lowest BCUT2D eigenvalue weighted by Crippen LogP contribution is -2.46. The van der Waals surface area contributed by atoms with Crippen molar-refractivity contribution < 1.29 is 29.0 Å². The van der Waals surface area contributed by atoms with E-state index in [2.05, 4.69) is 21.3 Å². The van der Waals surface area contributed by atoms with Crippen LogP contribution in [0, 0.1) is 5.92 Å². The predicted molar refractivity (Wildman–Crippen MR) is 174 cm³/mol. The topological polar surface area (TPSA) is 152 Å².